The zero-order valence-electron chi connectivity index (χ0n) is 10.5. The number of thiazole rings is 1. The first-order chi connectivity index (χ1) is 8.08. The number of amidine groups is 1. The van der Waals surface area contributed by atoms with Crippen molar-refractivity contribution in [3.8, 4) is 0 Å². The highest BCUT2D eigenvalue weighted by Gasteiger charge is 2.20. The minimum Gasteiger partial charge on any atom is -0.383 e. The molecule has 5 heteroatoms. The SMILES string of the molecule is Cc1nc(CN2CCCCC2C)sc1C(=N)N. The topological polar surface area (TPSA) is 66.0 Å². The van der Waals surface area contributed by atoms with E-state index in [0.717, 1.165) is 28.7 Å². The fraction of sp³-hybridized carbons (Fsp3) is 0.667. The monoisotopic (exact) mass is 252 g/mol. The Morgan fingerprint density at radius 2 is 2.35 bits per heavy atom. The van der Waals surface area contributed by atoms with Crippen LogP contribution >= 0.6 is 11.3 Å². The van der Waals surface area contributed by atoms with Crippen molar-refractivity contribution >= 4 is 17.2 Å². The van der Waals surface area contributed by atoms with Crippen LogP contribution < -0.4 is 5.73 Å². The molecule has 1 aliphatic rings. The number of nitrogens with zero attached hydrogens (tertiary/aromatic N) is 2. The van der Waals surface area contributed by atoms with Crippen molar-refractivity contribution in [1.82, 2.24) is 9.88 Å². The summed E-state index contributed by atoms with van der Waals surface area (Å²) in [5, 5.41) is 8.57. The minimum atomic E-state index is 0.137. The van der Waals surface area contributed by atoms with E-state index in [4.69, 9.17) is 11.1 Å². The van der Waals surface area contributed by atoms with Crippen molar-refractivity contribution in [2.24, 2.45) is 5.73 Å². The lowest BCUT2D eigenvalue weighted by Gasteiger charge is -2.32. The molecule has 0 aliphatic carbocycles. The van der Waals surface area contributed by atoms with Gasteiger partial charge in [0, 0.05) is 6.04 Å². The maximum Gasteiger partial charge on any atom is 0.135 e. The number of aromatic nitrogens is 1. The number of hydrogen-bond acceptors (Lipinski definition) is 4. The Labute approximate surface area is 106 Å². The lowest BCUT2D eigenvalue weighted by molar-refractivity contribution is 0.152. The van der Waals surface area contributed by atoms with Gasteiger partial charge in [0.1, 0.15) is 10.8 Å². The first kappa shape index (κ1) is 12.5. The zero-order chi connectivity index (χ0) is 12.4. The molecule has 2 rings (SSSR count). The van der Waals surface area contributed by atoms with E-state index < -0.39 is 0 Å². The second-order valence-electron chi connectivity index (χ2n) is 4.75. The van der Waals surface area contributed by atoms with E-state index in [-0.39, 0.29) is 5.84 Å². The number of nitrogens with one attached hydrogen (secondary N) is 1. The van der Waals surface area contributed by atoms with Gasteiger partial charge in [-0.1, -0.05) is 6.42 Å². The molecular formula is C12H20N4S. The van der Waals surface area contributed by atoms with E-state index in [0.29, 0.717) is 6.04 Å². The molecule has 0 spiro atoms. The average Bonchev–Trinajstić information content (AvgIpc) is 2.63. The summed E-state index contributed by atoms with van der Waals surface area (Å²) >= 11 is 1.56. The third-order valence-corrected chi connectivity index (χ3v) is 4.54. The van der Waals surface area contributed by atoms with Crippen molar-refractivity contribution in [3.05, 3.63) is 15.6 Å². The smallest absolute Gasteiger partial charge is 0.135 e. The number of piperidine rings is 1. The maximum absolute atomic E-state index is 7.48. The van der Waals surface area contributed by atoms with Crippen LogP contribution in [0.2, 0.25) is 0 Å². The third-order valence-electron chi connectivity index (χ3n) is 3.36. The van der Waals surface area contributed by atoms with Crippen LogP contribution in [0, 0.1) is 12.3 Å². The standard InChI is InChI=1S/C12H20N4S/c1-8-5-3-4-6-16(8)7-10-15-9(2)11(17-10)12(13)14/h8H,3-7H2,1-2H3,(H3,13,14). The van der Waals surface area contributed by atoms with Crippen LogP contribution in [0.25, 0.3) is 0 Å². The maximum atomic E-state index is 7.48. The molecule has 94 valence electrons. The largest absolute Gasteiger partial charge is 0.383 e. The quantitative estimate of drug-likeness (QED) is 0.639. The molecule has 17 heavy (non-hydrogen) atoms. The molecule has 1 unspecified atom stereocenters. The van der Waals surface area contributed by atoms with Gasteiger partial charge in [0.15, 0.2) is 0 Å². The van der Waals surface area contributed by atoms with E-state index in [1.165, 1.54) is 19.3 Å². The molecule has 1 aromatic rings. The lowest BCUT2D eigenvalue weighted by Crippen LogP contribution is -2.36. The molecule has 2 heterocycles. The molecule has 1 fully saturated rings. The molecule has 1 saturated heterocycles. The van der Waals surface area contributed by atoms with E-state index in [9.17, 15) is 0 Å². The third kappa shape index (κ3) is 2.84. The fourth-order valence-electron chi connectivity index (χ4n) is 2.34. The van der Waals surface area contributed by atoms with Crippen LogP contribution in [0.1, 0.15) is 41.8 Å². The summed E-state index contributed by atoms with van der Waals surface area (Å²) in [6.07, 6.45) is 3.91. The van der Waals surface area contributed by atoms with Crippen LogP contribution in [0.15, 0.2) is 0 Å². The molecule has 1 aromatic heterocycles. The lowest BCUT2D eigenvalue weighted by atomic mass is 10.0. The highest BCUT2D eigenvalue weighted by molar-refractivity contribution is 7.13. The van der Waals surface area contributed by atoms with Crippen molar-refractivity contribution in [2.75, 3.05) is 6.54 Å². The summed E-state index contributed by atoms with van der Waals surface area (Å²) in [6, 6.07) is 0.647. The first-order valence-corrected chi connectivity index (χ1v) is 6.94. The number of likely N-dealkylation sites (tertiary alicyclic amines) is 1. The van der Waals surface area contributed by atoms with Gasteiger partial charge < -0.3 is 5.73 Å². The Balaban J connectivity index is 2.07. The van der Waals surface area contributed by atoms with Gasteiger partial charge in [-0.2, -0.15) is 0 Å². The van der Waals surface area contributed by atoms with Crippen LogP contribution in [-0.4, -0.2) is 28.3 Å². The first-order valence-electron chi connectivity index (χ1n) is 6.12. The number of hydrogen-bond donors (Lipinski definition) is 2. The van der Waals surface area contributed by atoms with E-state index in [1.54, 1.807) is 11.3 Å². The Morgan fingerprint density at radius 3 is 2.94 bits per heavy atom. The van der Waals surface area contributed by atoms with Gasteiger partial charge in [0.05, 0.1) is 17.1 Å². The van der Waals surface area contributed by atoms with Crippen molar-refractivity contribution in [2.45, 2.75) is 45.7 Å². The van der Waals surface area contributed by atoms with Crippen LogP contribution in [0.5, 0.6) is 0 Å². The van der Waals surface area contributed by atoms with E-state index >= 15 is 0 Å². The van der Waals surface area contributed by atoms with Gasteiger partial charge in [-0.3, -0.25) is 10.3 Å². The number of rotatable bonds is 3. The molecule has 0 amide bonds. The Kier molecular flexibility index (Phi) is 3.79. The molecular weight excluding hydrogens is 232 g/mol. The number of nitrogens with two attached hydrogens (primary N) is 1. The van der Waals surface area contributed by atoms with E-state index in [1.807, 2.05) is 6.92 Å². The zero-order valence-corrected chi connectivity index (χ0v) is 11.3. The summed E-state index contributed by atoms with van der Waals surface area (Å²) in [7, 11) is 0. The molecule has 1 aliphatic heterocycles. The highest BCUT2D eigenvalue weighted by Crippen LogP contribution is 2.23. The van der Waals surface area contributed by atoms with Crippen molar-refractivity contribution in [3.63, 3.8) is 0 Å². The fourth-order valence-corrected chi connectivity index (χ4v) is 3.29. The van der Waals surface area contributed by atoms with E-state index in [2.05, 4.69) is 16.8 Å². The molecule has 1 atom stereocenters. The molecule has 0 bridgehead atoms. The molecule has 0 aromatic carbocycles. The minimum absolute atomic E-state index is 0.137. The second kappa shape index (κ2) is 5.14. The number of nitrogen functional groups attached to an aromatic ring is 1. The summed E-state index contributed by atoms with van der Waals surface area (Å²) in [4.78, 5) is 7.82. The molecule has 0 radical (unpaired) electrons. The molecule has 4 nitrogen and oxygen atoms in total. The predicted molar refractivity (Wildman–Crippen MR) is 71.6 cm³/mol. The van der Waals surface area contributed by atoms with Gasteiger partial charge in [-0.25, -0.2) is 4.98 Å². The summed E-state index contributed by atoms with van der Waals surface area (Å²) in [5.41, 5.74) is 6.42. The van der Waals surface area contributed by atoms with Crippen LogP contribution in [-0.2, 0) is 6.54 Å². The summed E-state index contributed by atoms with van der Waals surface area (Å²) in [6.45, 7) is 6.27. The van der Waals surface area contributed by atoms with Crippen molar-refractivity contribution < 1.29 is 0 Å². The summed E-state index contributed by atoms with van der Waals surface area (Å²) in [5.74, 6) is 0.137. The van der Waals surface area contributed by atoms with Gasteiger partial charge in [0.2, 0.25) is 0 Å². The Hall–Kier alpha value is -0.940. The van der Waals surface area contributed by atoms with Gasteiger partial charge in [-0.05, 0) is 33.2 Å². The molecule has 0 saturated carbocycles. The second-order valence-corrected chi connectivity index (χ2v) is 5.83. The van der Waals surface area contributed by atoms with Crippen LogP contribution in [0.3, 0.4) is 0 Å². The van der Waals surface area contributed by atoms with Gasteiger partial charge in [-0.15, -0.1) is 11.3 Å². The van der Waals surface area contributed by atoms with Gasteiger partial charge in [0.25, 0.3) is 0 Å². The number of aryl methyl sites for hydroxylation is 1. The average molecular weight is 252 g/mol. The highest BCUT2D eigenvalue weighted by atomic mass is 32.1. The molecule has 3 N–H and O–H groups in total. The summed E-state index contributed by atoms with van der Waals surface area (Å²) < 4.78 is 0. The van der Waals surface area contributed by atoms with Crippen LogP contribution in [0.4, 0.5) is 0 Å². The Bertz CT molecular complexity index is 413. The van der Waals surface area contributed by atoms with Gasteiger partial charge >= 0.3 is 0 Å². The Morgan fingerprint density at radius 1 is 1.59 bits per heavy atom. The normalized spacial score (nSPS) is 21.6. The predicted octanol–water partition coefficient (Wildman–Crippen LogP) is 2.11. The van der Waals surface area contributed by atoms with Crippen molar-refractivity contribution in [1.29, 1.82) is 5.41 Å².